The van der Waals surface area contributed by atoms with E-state index in [1.807, 2.05) is 0 Å². The summed E-state index contributed by atoms with van der Waals surface area (Å²) in [4.78, 5) is 14.1. The monoisotopic (exact) mass is 167 g/mol. The smallest absolute Gasteiger partial charge is 0.211 e. The van der Waals surface area contributed by atoms with Crippen LogP contribution in [0.2, 0.25) is 0 Å². The highest BCUT2D eigenvalue weighted by Crippen LogP contribution is 2.52. The maximum absolute atomic E-state index is 10.2. The first-order valence-electron chi connectivity index (χ1n) is 4.63. The molecule has 0 N–H and O–H groups in total. The Labute approximate surface area is 74.1 Å². The maximum atomic E-state index is 10.2. The molecule has 2 nitrogen and oxygen atoms in total. The van der Waals surface area contributed by atoms with Crippen LogP contribution in [0.5, 0.6) is 0 Å². The van der Waals surface area contributed by atoms with E-state index in [9.17, 15) is 4.79 Å². The molecular formula is C10H17NO. The van der Waals surface area contributed by atoms with Gasteiger partial charge in [-0.25, -0.2) is 4.79 Å². The molecule has 0 bridgehead atoms. The molecule has 0 atom stereocenters. The van der Waals surface area contributed by atoms with Gasteiger partial charge in [-0.3, -0.25) is 0 Å². The first-order valence-corrected chi connectivity index (χ1v) is 4.63. The van der Waals surface area contributed by atoms with Crippen LogP contribution in [0, 0.1) is 5.41 Å². The highest BCUT2D eigenvalue weighted by Gasteiger charge is 2.48. The van der Waals surface area contributed by atoms with E-state index in [0.717, 1.165) is 25.7 Å². The summed E-state index contributed by atoms with van der Waals surface area (Å²) in [6.07, 6.45) is 5.93. The van der Waals surface area contributed by atoms with Gasteiger partial charge >= 0.3 is 0 Å². The lowest BCUT2D eigenvalue weighted by Gasteiger charge is -2.49. The van der Waals surface area contributed by atoms with Crippen LogP contribution in [0.25, 0.3) is 0 Å². The fourth-order valence-electron chi connectivity index (χ4n) is 2.60. The topological polar surface area (TPSA) is 29.4 Å². The molecule has 1 fully saturated rings. The SMILES string of the molecule is CCCC1(N=C=O)CC(C)(C)C1. The van der Waals surface area contributed by atoms with Gasteiger partial charge in [0.15, 0.2) is 0 Å². The second-order valence-corrected chi connectivity index (χ2v) is 4.70. The molecule has 0 aliphatic heterocycles. The Kier molecular flexibility index (Phi) is 2.39. The van der Waals surface area contributed by atoms with Gasteiger partial charge in [0.2, 0.25) is 6.08 Å². The number of carbonyl (C=O) groups excluding carboxylic acids is 1. The van der Waals surface area contributed by atoms with Crippen LogP contribution < -0.4 is 0 Å². The minimum absolute atomic E-state index is 0.0417. The molecule has 2 heteroatoms. The second-order valence-electron chi connectivity index (χ2n) is 4.70. The summed E-state index contributed by atoms with van der Waals surface area (Å²) < 4.78 is 0. The predicted octanol–water partition coefficient (Wildman–Crippen LogP) is 2.68. The molecule has 0 heterocycles. The fourth-order valence-corrected chi connectivity index (χ4v) is 2.60. The largest absolute Gasteiger partial charge is 0.235 e. The van der Waals surface area contributed by atoms with Gasteiger partial charge < -0.3 is 0 Å². The van der Waals surface area contributed by atoms with Gasteiger partial charge in [0.1, 0.15) is 0 Å². The van der Waals surface area contributed by atoms with Crippen molar-refractivity contribution in [2.45, 2.75) is 52.0 Å². The summed E-state index contributed by atoms with van der Waals surface area (Å²) in [7, 11) is 0. The number of rotatable bonds is 3. The van der Waals surface area contributed by atoms with Crippen molar-refractivity contribution in [2.24, 2.45) is 10.4 Å². The van der Waals surface area contributed by atoms with E-state index >= 15 is 0 Å². The van der Waals surface area contributed by atoms with Crippen LogP contribution in [0.15, 0.2) is 4.99 Å². The molecule has 0 amide bonds. The third-order valence-corrected chi connectivity index (χ3v) is 2.61. The Bertz CT molecular complexity index is 206. The standard InChI is InChI=1S/C10H17NO/c1-4-5-10(11-8-12)6-9(2,3)7-10/h4-7H2,1-3H3. The summed E-state index contributed by atoms with van der Waals surface area (Å²) in [6.45, 7) is 6.58. The van der Waals surface area contributed by atoms with Crippen LogP contribution in [0.3, 0.4) is 0 Å². The third-order valence-electron chi connectivity index (χ3n) is 2.61. The van der Waals surface area contributed by atoms with Gasteiger partial charge in [0, 0.05) is 0 Å². The quantitative estimate of drug-likeness (QED) is 0.469. The maximum Gasteiger partial charge on any atom is 0.235 e. The van der Waals surface area contributed by atoms with Gasteiger partial charge in [0.05, 0.1) is 5.54 Å². The van der Waals surface area contributed by atoms with Crippen molar-refractivity contribution in [1.29, 1.82) is 0 Å². The average Bonchev–Trinajstić information content (AvgIpc) is 1.83. The van der Waals surface area contributed by atoms with E-state index in [1.165, 1.54) is 0 Å². The van der Waals surface area contributed by atoms with Gasteiger partial charge in [0.25, 0.3) is 0 Å². The van der Waals surface area contributed by atoms with Gasteiger partial charge in [-0.2, -0.15) is 4.99 Å². The van der Waals surface area contributed by atoms with Crippen molar-refractivity contribution in [1.82, 2.24) is 0 Å². The van der Waals surface area contributed by atoms with Gasteiger partial charge in [-0.1, -0.05) is 27.2 Å². The van der Waals surface area contributed by atoms with Gasteiger partial charge in [-0.15, -0.1) is 0 Å². The lowest BCUT2D eigenvalue weighted by Crippen LogP contribution is -2.47. The summed E-state index contributed by atoms with van der Waals surface area (Å²) in [6, 6.07) is 0. The fraction of sp³-hybridized carbons (Fsp3) is 0.900. The first kappa shape index (κ1) is 9.47. The zero-order chi connectivity index (χ0) is 9.24. The molecule has 1 aliphatic rings. The van der Waals surface area contributed by atoms with Gasteiger partial charge in [-0.05, 0) is 24.7 Å². The summed E-state index contributed by atoms with van der Waals surface area (Å²) >= 11 is 0. The zero-order valence-corrected chi connectivity index (χ0v) is 8.18. The van der Waals surface area contributed by atoms with Crippen LogP contribution in [-0.2, 0) is 4.79 Å². The molecule has 0 radical (unpaired) electrons. The van der Waals surface area contributed by atoms with E-state index in [2.05, 4.69) is 25.8 Å². The second kappa shape index (κ2) is 3.02. The predicted molar refractivity (Wildman–Crippen MR) is 48.8 cm³/mol. The molecule has 0 spiro atoms. The minimum atomic E-state index is -0.0417. The highest BCUT2D eigenvalue weighted by molar-refractivity contribution is 5.36. The minimum Gasteiger partial charge on any atom is -0.211 e. The van der Waals surface area contributed by atoms with Crippen LogP contribution >= 0.6 is 0 Å². The molecule has 68 valence electrons. The normalized spacial score (nSPS) is 23.9. The van der Waals surface area contributed by atoms with Crippen LogP contribution in [-0.4, -0.2) is 11.6 Å². The summed E-state index contributed by atoms with van der Waals surface area (Å²) in [5.74, 6) is 0. The molecule has 0 saturated heterocycles. The Morgan fingerprint density at radius 3 is 2.33 bits per heavy atom. The molecule has 0 aromatic carbocycles. The lowest BCUT2D eigenvalue weighted by atomic mass is 9.58. The van der Waals surface area contributed by atoms with Crippen molar-refractivity contribution in [2.75, 3.05) is 0 Å². The van der Waals surface area contributed by atoms with Crippen LogP contribution in [0.4, 0.5) is 0 Å². The number of isocyanates is 1. The third kappa shape index (κ3) is 1.75. The Hall–Kier alpha value is -0.620. The van der Waals surface area contributed by atoms with E-state index in [0.29, 0.717) is 5.41 Å². The Morgan fingerprint density at radius 1 is 1.42 bits per heavy atom. The van der Waals surface area contributed by atoms with E-state index < -0.39 is 0 Å². The molecule has 0 unspecified atom stereocenters. The van der Waals surface area contributed by atoms with Crippen LogP contribution in [0.1, 0.15) is 46.5 Å². The molecule has 1 rings (SSSR count). The number of hydrogen-bond acceptors (Lipinski definition) is 2. The van der Waals surface area contributed by atoms with Crippen molar-refractivity contribution in [3.05, 3.63) is 0 Å². The van der Waals surface area contributed by atoms with Crippen molar-refractivity contribution in [3.63, 3.8) is 0 Å². The van der Waals surface area contributed by atoms with E-state index in [4.69, 9.17) is 0 Å². The summed E-state index contributed by atoms with van der Waals surface area (Å²) in [5.41, 5.74) is 0.343. The molecule has 0 aromatic rings. The van der Waals surface area contributed by atoms with E-state index in [-0.39, 0.29) is 5.54 Å². The zero-order valence-electron chi connectivity index (χ0n) is 8.18. The van der Waals surface area contributed by atoms with Crippen molar-refractivity contribution >= 4 is 6.08 Å². The average molecular weight is 167 g/mol. The number of aliphatic imine (C=N–C) groups is 1. The molecule has 1 aliphatic carbocycles. The molecule has 0 aromatic heterocycles. The highest BCUT2D eigenvalue weighted by atomic mass is 16.1. The number of nitrogens with zero attached hydrogens (tertiary/aromatic N) is 1. The Morgan fingerprint density at radius 2 is 2.00 bits per heavy atom. The van der Waals surface area contributed by atoms with E-state index in [1.54, 1.807) is 6.08 Å². The van der Waals surface area contributed by atoms with Crippen molar-refractivity contribution < 1.29 is 4.79 Å². The molecular weight excluding hydrogens is 150 g/mol. The first-order chi connectivity index (χ1) is 5.54. The number of hydrogen-bond donors (Lipinski definition) is 0. The molecule has 12 heavy (non-hydrogen) atoms. The Balaban J connectivity index is 2.61. The summed E-state index contributed by atoms with van der Waals surface area (Å²) in [5, 5.41) is 0. The molecule has 1 saturated carbocycles. The lowest BCUT2D eigenvalue weighted by molar-refractivity contribution is 0.0584. The van der Waals surface area contributed by atoms with Crippen molar-refractivity contribution in [3.8, 4) is 0 Å².